The molecule has 7 heteroatoms. The molecule has 0 spiro atoms. The molecular weight excluding hydrogens is 330 g/mol. The Bertz CT molecular complexity index is 845. The lowest BCUT2D eigenvalue weighted by atomic mass is 10.2. The number of nitrogens with two attached hydrogens (primary N) is 1. The van der Waals surface area contributed by atoms with Crippen LogP contribution in [0.4, 0.5) is 5.69 Å². The third-order valence-corrected chi connectivity index (χ3v) is 4.29. The molecular formula is C16H16ClN5S. The van der Waals surface area contributed by atoms with Gasteiger partial charge in [-0.3, -0.25) is 0 Å². The van der Waals surface area contributed by atoms with E-state index in [9.17, 15) is 0 Å². The van der Waals surface area contributed by atoms with E-state index in [0.29, 0.717) is 28.9 Å². The van der Waals surface area contributed by atoms with Gasteiger partial charge in [0.2, 0.25) is 0 Å². The van der Waals surface area contributed by atoms with Crippen LogP contribution in [-0.4, -0.2) is 15.1 Å². The molecule has 0 bridgehead atoms. The molecule has 2 aromatic heterocycles. The summed E-state index contributed by atoms with van der Waals surface area (Å²) in [5, 5.41) is 8.53. The van der Waals surface area contributed by atoms with Gasteiger partial charge in [0.25, 0.3) is 0 Å². The molecule has 0 radical (unpaired) electrons. The lowest BCUT2D eigenvalue weighted by Gasteiger charge is -2.12. The number of anilines is 1. The Hall–Kier alpha value is -2.31. The molecule has 0 aliphatic heterocycles. The summed E-state index contributed by atoms with van der Waals surface area (Å²) >= 11 is 11.5. The topological polar surface area (TPSA) is 78.8 Å². The molecule has 0 saturated heterocycles. The Labute approximate surface area is 144 Å². The number of thiocarbonyl (C=S) groups is 1. The van der Waals surface area contributed by atoms with Gasteiger partial charge in [-0.1, -0.05) is 23.7 Å². The number of hydrogen-bond acceptors (Lipinski definition) is 3. The van der Waals surface area contributed by atoms with Gasteiger partial charge >= 0.3 is 0 Å². The highest BCUT2D eigenvalue weighted by molar-refractivity contribution is 7.80. The number of H-pyrrole nitrogens is 1. The molecule has 0 unspecified atom stereocenters. The van der Waals surface area contributed by atoms with Crippen LogP contribution in [0.3, 0.4) is 0 Å². The summed E-state index contributed by atoms with van der Waals surface area (Å²) in [4.78, 5) is 7.36. The minimum Gasteiger partial charge on any atom is -0.398 e. The summed E-state index contributed by atoms with van der Waals surface area (Å²) in [6, 6.07) is 9.53. The number of halogens is 1. The predicted octanol–water partition coefficient (Wildman–Crippen LogP) is 2.96. The molecule has 5 N–H and O–H groups in total. The van der Waals surface area contributed by atoms with Gasteiger partial charge in [-0.05, 0) is 41.5 Å². The Morgan fingerprint density at radius 1 is 1.17 bits per heavy atom. The van der Waals surface area contributed by atoms with E-state index in [1.165, 1.54) is 0 Å². The van der Waals surface area contributed by atoms with Gasteiger partial charge in [-0.2, -0.15) is 0 Å². The van der Waals surface area contributed by atoms with E-state index >= 15 is 0 Å². The molecule has 2 heterocycles. The minimum atomic E-state index is 0.519. The van der Waals surface area contributed by atoms with E-state index in [0.717, 1.165) is 22.2 Å². The van der Waals surface area contributed by atoms with Crippen molar-refractivity contribution in [1.29, 1.82) is 0 Å². The van der Waals surface area contributed by atoms with Crippen LogP contribution < -0.4 is 16.4 Å². The Kier molecular flexibility index (Phi) is 4.64. The largest absolute Gasteiger partial charge is 0.398 e. The van der Waals surface area contributed by atoms with Crippen molar-refractivity contribution in [3.63, 3.8) is 0 Å². The number of pyridine rings is 1. The zero-order valence-corrected chi connectivity index (χ0v) is 13.8. The Balaban J connectivity index is 1.58. The quantitative estimate of drug-likeness (QED) is 0.432. The number of fused-ring (bicyclic) bond motifs is 1. The highest BCUT2D eigenvalue weighted by atomic mass is 35.5. The second-order valence-electron chi connectivity index (χ2n) is 5.07. The molecule has 0 aliphatic carbocycles. The summed E-state index contributed by atoms with van der Waals surface area (Å²) in [6.07, 6.45) is 3.65. The maximum Gasteiger partial charge on any atom is 0.166 e. The molecule has 3 aromatic rings. The van der Waals surface area contributed by atoms with Crippen LogP contribution in [0.1, 0.15) is 11.1 Å². The molecule has 5 nitrogen and oxygen atoms in total. The molecule has 0 fully saturated rings. The van der Waals surface area contributed by atoms with Gasteiger partial charge in [-0.25, -0.2) is 4.98 Å². The summed E-state index contributed by atoms with van der Waals surface area (Å²) in [7, 11) is 0. The number of nitrogen functional groups attached to an aromatic ring is 1. The molecule has 0 saturated carbocycles. The SMILES string of the molecule is Nc1cccc(CNC(=S)NCc2ccnc3[nH]ccc23)c1Cl. The summed E-state index contributed by atoms with van der Waals surface area (Å²) in [5.74, 6) is 0. The predicted molar refractivity (Wildman–Crippen MR) is 98.2 cm³/mol. The average Bonchev–Trinajstić information content (AvgIpc) is 3.03. The van der Waals surface area contributed by atoms with E-state index < -0.39 is 0 Å². The molecule has 118 valence electrons. The van der Waals surface area contributed by atoms with Gasteiger partial charge in [0, 0.05) is 30.9 Å². The molecule has 0 amide bonds. The smallest absolute Gasteiger partial charge is 0.166 e. The monoisotopic (exact) mass is 345 g/mol. The van der Waals surface area contributed by atoms with Crippen molar-refractivity contribution >= 4 is 45.7 Å². The number of aromatic nitrogens is 2. The van der Waals surface area contributed by atoms with Crippen molar-refractivity contribution in [2.45, 2.75) is 13.1 Å². The van der Waals surface area contributed by atoms with Crippen molar-refractivity contribution < 1.29 is 0 Å². The van der Waals surface area contributed by atoms with Gasteiger partial charge in [0.15, 0.2) is 5.11 Å². The number of nitrogens with one attached hydrogen (secondary N) is 3. The minimum absolute atomic E-state index is 0.519. The normalized spacial score (nSPS) is 10.7. The lowest BCUT2D eigenvalue weighted by Crippen LogP contribution is -2.34. The molecule has 0 atom stereocenters. The standard InChI is InChI=1S/C16H16ClN5S/c17-14-11(2-1-3-13(14)18)9-22-16(23)21-8-10-4-6-19-15-12(10)5-7-20-15/h1-7H,8-9,18H2,(H,19,20)(H2,21,22,23). The number of hydrogen-bond donors (Lipinski definition) is 4. The summed E-state index contributed by atoms with van der Waals surface area (Å²) in [6.45, 7) is 1.14. The van der Waals surface area contributed by atoms with Gasteiger partial charge < -0.3 is 21.4 Å². The number of rotatable bonds is 4. The fraction of sp³-hybridized carbons (Fsp3) is 0.125. The molecule has 0 aliphatic rings. The van der Waals surface area contributed by atoms with Gasteiger partial charge in [0.05, 0.1) is 10.7 Å². The van der Waals surface area contributed by atoms with Crippen molar-refractivity contribution in [2.24, 2.45) is 0 Å². The summed E-state index contributed by atoms with van der Waals surface area (Å²) < 4.78 is 0. The van der Waals surface area contributed by atoms with E-state index in [-0.39, 0.29) is 0 Å². The first-order valence-electron chi connectivity index (χ1n) is 7.10. The third kappa shape index (κ3) is 3.55. The van der Waals surface area contributed by atoms with Crippen LogP contribution in [-0.2, 0) is 13.1 Å². The zero-order valence-electron chi connectivity index (χ0n) is 12.3. The highest BCUT2D eigenvalue weighted by Crippen LogP contribution is 2.22. The first kappa shape index (κ1) is 15.6. The van der Waals surface area contributed by atoms with Crippen LogP contribution in [0.5, 0.6) is 0 Å². The second-order valence-corrected chi connectivity index (χ2v) is 5.85. The van der Waals surface area contributed by atoms with Gasteiger partial charge in [0.1, 0.15) is 5.65 Å². The third-order valence-electron chi connectivity index (χ3n) is 3.54. The van der Waals surface area contributed by atoms with E-state index in [1.54, 1.807) is 12.3 Å². The maximum absolute atomic E-state index is 6.16. The van der Waals surface area contributed by atoms with Crippen LogP contribution in [0, 0.1) is 0 Å². The van der Waals surface area contributed by atoms with Crippen LogP contribution >= 0.6 is 23.8 Å². The highest BCUT2D eigenvalue weighted by Gasteiger charge is 2.06. The fourth-order valence-electron chi connectivity index (χ4n) is 2.32. The summed E-state index contributed by atoms with van der Waals surface area (Å²) in [5.41, 5.74) is 9.26. The van der Waals surface area contributed by atoms with Crippen molar-refractivity contribution in [2.75, 3.05) is 5.73 Å². The van der Waals surface area contributed by atoms with E-state index in [2.05, 4.69) is 20.6 Å². The van der Waals surface area contributed by atoms with Crippen molar-refractivity contribution in [3.05, 3.63) is 58.9 Å². The molecule has 3 rings (SSSR count). The Morgan fingerprint density at radius 2 is 1.96 bits per heavy atom. The fourth-order valence-corrected chi connectivity index (χ4v) is 2.66. The number of aromatic amines is 1. The zero-order chi connectivity index (χ0) is 16.2. The Morgan fingerprint density at radius 3 is 2.78 bits per heavy atom. The van der Waals surface area contributed by atoms with Crippen LogP contribution in [0.2, 0.25) is 5.02 Å². The van der Waals surface area contributed by atoms with Crippen LogP contribution in [0.25, 0.3) is 11.0 Å². The molecule has 23 heavy (non-hydrogen) atoms. The number of nitrogens with zero attached hydrogens (tertiary/aromatic N) is 1. The van der Waals surface area contributed by atoms with E-state index in [4.69, 9.17) is 29.6 Å². The molecule has 1 aromatic carbocycles. The average molecular weight is 346 g/mol. The first-order chi connectivity index (χ1) is 11.1. The maximum atomic E-state index is 6.16. The number of benzene rings is 1. The second kappa shape index (κ2) is 6.85. The van der Waals surface area contributed by atoms with Gasteiger partial charge in [-0.15, -0.1) is 0 Å². The first-order valence-corrected chi connectivity index (χ1v) is 7.89. The van der Waals surface area contributed by atoms with Crippen molar-refractivity contribution in [3.8, 4) is 0 Å². The lowest BCUT2D eigenvalue weighted by molar-refractivity contribution is 0.836. The van der Waals surface area contributed by atoms with Crippen molar-refractivity contribution in [1.82, 2.24) is 20.6 Å². The van der Waals surface area contributed by atoms with E-state index in [1.807, 2.05) is 30.5 Å². The van der Waals surface area contributed by atoms with Crippen LogP contribution in [0.15, 0.2) is 42.7 Å².